The van der Waals surface area contributed by atoms with Gasteiger partial charge in [-0.2, -0.15) is 13.2 Å². The van der Waals surface area contributed by atoms with Crippen molar-refractivity contribution in [3.63, 3.8) is 0 Å². The third-order valence-corrected chi connectivity index (χ3v) is 4.24. The molecule has 0 unspecified atom stereocenters. The molecule has 0 aliphatic heterocycles. The molecular weight excluding hydrogens is 541 g/mol. The number of carbonyl (C=O) groups excluding carboxylic acids is 4. The molecule has 0 aromatic carbocycles. The van der Waals surface area contributed by atoms with E-state index in [1.54, 1.807) is 0 Å². The van der Waals surface area contributed by atoms with E-state index in [-0.39, 0.29) is 45.2 Å². The number of Topliss-reactive ketones (excluding diaryl/α,β-unsaturated/α-hetero) is 2. The number of rotatable bonds is 16. The Balaban J connectivity index is -0.000000167. The first-order valence-electron chi connectivity index (χ1n) is 12.3. The van der Waals surface area contributed by atoms with Crippen LogP contribution >= 0.6 is 0 Å². The molecule has 0 aromatic rings. The molecular formula is C27H48F3O10-. The molecule has 0 saturated carbocycles. The summed E-state index contributed by atoms with van der Waals surface area (Å²) < 4.78 is 36.7. The second-order valence-electron chi connectivity index (χ2n) is 9.25. The highest BCUT2D eigenvalue weighted by Gasteiger charge is 2.28. The smallest absolute Gasteiger partial charge is 0.430 e. The largest absolute Gasteiger partial charge is 0.542 e. The lowest BCUT2D eigenvalue weighted by atomic mass is 10.1. The van der Waals surface area contributed by atoms with Gasteiger partial charge in [0.25, 0.3) is 0 Å². The van der Waals surface area contributed by atoms with Crippen LogP contribution in [0.4, 0.5) is 13.2 Å². The number of alkyl halides is 3. The van der Waals surface area contributed by atoms with E-state index in [1.807, 2.05) is 27.7 Å². The van der Waals surface area contributed by atoms with Crippen LogP contribution in [0.3, 0.4) is 0 Å². The quantitative estimate of drug-likeness (QED) is 0.178. The van der Waals surface area contributed by atoms with Crippen molar-refractivity contribution >= 4 is 35.4 Å². The molecule has 0 bridgehead atoms. The van der Waals surface area contributed by atoms with Crippen molar-refractivity contribution < 1.29 is 62.0 Å². The summed E-state index contributed by atoms with van der Waals surface area (Å²) in [5.41, 5.74) is -0.469. The van der Waals surface area contributed by atoms with Crippen LogP contribution in [0.25, 0.3) is 0 Å². The molecule has 2 N–H and O–H groups in total. The van der Waals surface area contributed by atoms with Gasteiger partial charge >= 0.3 is 24.1 Å². The van der Waals surface area contributed by atoms with Crippen LogP contribution in [0, 0.1) is 0 Å². The molecule has 0 atom stereocenters. The van der Waals surface area contributed by atoms with Gasteiger partial charge in [-0.3, -0.25) is 24.0 Å². The van der Waals surface area contributed by atoms with Crippen LogP contribution in [0.15, 0.2) is 0 Å². The fourth-order valence-corrected chi connectivity index (χ4v) is 2.48. The Morgan fingerprint density at radius 2 is 0.975 bits per heavy atom. The zero-order valence-electron chi connectivity index (χ0n) is 22.5. The van der Waals surface area contributed by atoms with Gasteiger partial charge in [0, 0.05) is 44.9 Å². The number of hydrogen-bond donors (Lipinski definition) is 2. The van der Waals surface area contributed by atoms with Crippen LogP contribution in [-0.2, 0) is 33.5 Å². The van der Waals surface area contributed by atoms with Gasteiger partial charge < -0.3 is 24.9 Å². The van der Waals surface area contributed by atoms with Crippen LogP contribution in [0.1, 0.15) is 126 Å². The van der Waals surface area contributed by atoms with Crippen molar-refractivity contribution in [2.24, 2.45) is 0 Å². The van der Waals surface area contributed by atoms with Crippen molar-refractivity contribution in [1.29, 1.82) is 0 Å². The number of carbonyl (C=O) groups is 6. The van der Waals surface area contributed by atoms with E-state index < -0.39 is 29.7 Å². The average Bonchev–Trinajstić information content (AvgIpc) is 2.74. The highest BCUT2D eigenvalue weighted by atomic mass is 19.4. The van der Waals surface area contributed by atoms with Gasteiger partial charge in [-0.25, -0.2) is 0 Å². The molecule has 0 heterocycles. The number of carboxylic acids is 3. The minimum atomic E-state index is -5.19. The van der Waals surface area contributed by atoms with Gasteiger partial charge in [-0.1, -0.05) is 28.2 Å². The summed E-state index contributed by atoms with van der Waals surface area (Å²) in [5.74, 6) is -4.70. The lowest BCUT2D eigenvalue weighted by Crippen LogP contribution is -2.37. The van der Waals surface area contributed by atoms with E-state index in [4.69, 9.17) is 24.9 Å². The molecule has 0 rings (SSSR count). The lowest BCUT2D eigenvalue weighted by Gasteiger charge is -2.19. The summed E-state index contributed by atoms with van der Waals surface area (Å²) in [6.07, 6.45) is 1.09. The Bertz CT molecular complexity index is 742. The van der Waals surface area contributed by atoms with Crippen molar-refractivity contribution in [1.82, 2.24) is 0 Å². The number of ether oxygens (including phenoxy) is 1. The third-order valence-electron chi connectivity index (χ3n) is 4.24. The van der Waals surface area contributed by atoms with Crippen LogP contribution in [0.2, 0.25) is 0 Å². The third kappa shape index (κ3) is 42.1. The molecule has 0 aliphatic carbocycles. The van der Waals surface area contributed by atoms with E-state index in [2.05, 4.69) is 0 Å². The summed E-state index contributed by atoms with van der Waals surface area (Å²) >= 11 is 0. The number of esters is 1. The molecule has 238 valence electrons. The average molecular weight is 590 g/mol. The molecule has 13 heteroatoms. The zero-order valence-corrected chi connectivity index (χ0v) is 22.5. The first-order chi connectivity index (χ1) is 17.3. The van der Waals surface area contributed by atoms with Gasteiger partial charge in [-0.15, -0.1) is 0 Å². The van der Waals surface area contributed by atoms with Crippen molar-refractivity contribution in [2.75, 3.05) is 0 Å². The lowest BCUT2D eigenvalue weighted by molar-refractivity contribution is -0.344. The van der Waals surface area contributed by atoms with Crippen LogP contribution < -0.4 is 5.11 Å². The SMILES string of the molecule is C.C.CC(C)(C)OC(=O)CCCCC(=O)CCCC(=O)O.CCCCC(=O)CCCC(=O)O.O=C([O-])C(F)(F)F. The Morgan fingerprint density at radius 1 is 0.650 bits per heavy atom. The predicted octanol–water partition coefficient (Wildman–Crippen LogP) is 5.28. The molecule has 0 fully saturated rings. The topological polar surface area (TPSA) is 175 Å². The minimum Gasteiger partial charge on any atom is -0.542 e. The van der Waals surface area contributed by atoms with E-state index in [0.29, 0.717) is 57.8 Å². The van der Waals surface area contributed by atoms with Gasteiger partial charge in [-0.05, 0) is 52.9 Å². The fraction of sp³-hybridized carbons (Fsp3) is 0.778. The van der Waals surface area contributed by atoms with Crippen LogP contribution in [0.5, 0.6) is 0 Å². The van der Waals surface area contributed by atoms with Gasteiger partial charge in [0.05, 0.1) is 0 Å². The molecule has 0 amide bonds. The number of hydrogen-bond acceptors (Lipinski definition) is 8. The van der Waals surface area contributed by atoms with E-state index in [9.17, 15) is 37.1 Å². The zero-order chi connectivity index (χ0) is 30.4. The maximum absolute atomic E-state index is 11.4. The molecule has 0 saturated heterocycles. The molecule has 40 heavy (non-hydrogen) atoms. The Kier molecular flexibility index (Phi) is 30.7. The van der Waals surface area contributed by atoms with E-state index in [1.165, 1.54) is 0 Å². The normalized spacial score (nSPS) is 10.2. The maximum atomic E-state index is 11.4. The molecule has 0 aromatic heterocycles. The maximum Gasteiger partial charge on any atom is 0.430 e. The monoisotopic (exact) mass is 589 g/mol. The summed E-state index contributed by atoms with van der Waals surface area (Å²) in [6.45, 7) is 7.48. The predicted molar refractivity (Wildman–Crippen MR) is 141 cm³/mol. The first kappa shape index (κ1) is 46.8. The van der Waals surface area contributed by atoms with Gasteiger partial charge in [0.2, 0.25) is 0 Å². The Hall–Kier alpha value is -2.99. The van der Waals surface area contributed by atoms with Crippen molar-refractivity contribution in [3.8, 4) is 0 Å². The first-order valence-corrected chi connectivity index (χ1v) is 12.3. The number of halogens is 3. The van der Waals surface area contributed by atoms with Gasteiger partial charge in [0.1, 0.15) is 23.1 Å². The second kappa shape index (κ2) is 26.2. The molecule has 0 spiro atoms. The van der Waals surface area contributed by atoms with E-state index >= 15 is 0 Å². The van der Waals surface area contributed by atoms with Crippen molar-refractivity contribution in [3.05, 3.63) is 0 Å². The number of unbranched alkanes of at least 4 members (excludes halogenated alkanes) is 2. The van der Waals surface area contributed by atoms with Gasteiger partial charge in [0.15, 0.2) is 0 Å². The minimum absolute atomic E-state index is 0. The Morgan fingerprint density at radius 3 is 1.27 bits per heavy atom. The fourth-order valence-electron chi connectivity index (χ4n) is 2.48. The summed E-state index contributed by atoms with van der Waals surface area (Å²) in [5, 5.41) is 25.5. The Labute approximate surface area is 235 Å². The highest BCUT2D eigenvalue weighted by molar-refractivity contribution is 5.79. The second-order valence-corrected chi connectivity index (χ2v) is 9.25. The van der Waals surface area contributed by atoms with E-state index in [0.717, 1.165) is 12.8 Å². The van der Waals surface area contributed by atoms with Crippen LogP contribution in [-0.4, -0.2) is 57.4 Å². The standard InChI is InChI=1S/C14H24O5.C9H16O3.C2HF3O2.2CH4/c1-14(2,3)19-13(18)10-5-4-7-11(15)8-6-9-12(16)17;1-2-3-5-8(10)6-4-7-9(11)12;3-2(4,5)1(6)7;;/h4-10H2,1-3H3,(H,16,17);2-7H2,1H3,(H,11,12);(H,6,7);2*1H4/p-1. The highest BCUT2D eigenvalue weighted by Crippen LogP contribution is 2.12. The summed E-state index contributed by atoms with van der Waals surface area (Å²) in [6, 6.07) is 0. The molecule has 0 aliphatic rings. The summed E-state index contributed by atoms with van der Waals surface area (Å²) in [7, 11) is 0. The number of carboxylic acid groups (broad SMARTS) is 3. The number of ketones is 2. The number of aliphatic carboxylic acids is 3. The summed E-state index contributed by atoms with van der Waals surface area (Å²) in [4.78, 5) is 62.9. The van der Waals surface area contributed by atoms with Crippen molar-refractivity contribution in [2.45, 2.75) is 138 Å². The molecule has 10 nitrogen and oxygen atoms in total. The molecule has 0 radical (unpaired) electrons.